The molecule has 12 heavy (non-hydrogen) atoms. The predicted octanol–water partition coefficient (Wildman–Crippen LogP) is 0.520. The van der Waals surface area contributed by atoms with Gasteiger partial charge in [-0.25, -0.2) is 0 Å². The Hall–Kier alpha value is 0.220. The molecule has 0 spiro atoms. The van der Waals surface area contributed by atoms with Gasteiger partial charge in [0.15, 0.2) is 0 Å². The Bertz CT molecular complexity index is 239. The Kier molecular flexibility index (Phi) is 3.39. The van der Waals surface area contributed by atoms with Gasteiger partial charge in [-0.2, -0.15) is 24.9 Å². The molecular weight excluding hydrogens is 198 g/mol. The molecule has 0 radical (unpaired) electrons. The summed E-state index contributed by atoms with van der Waals surface area (Å²) in [5.41, 5.74) is 0. The van der Waals surface area contributed by atoms with Gasteiger partial charge in [0, 0.05) is 6.04 Å². The van der Waals surface area contributed by atoms with Crippen LogP contribution in [0.4, 0.5) is 0 Å². The van der Waals surface area contributed by atoms with E-state index in [0.29, 0.717) is 5.92 Å². The minimum Gasteiger partial charge on any atom is -0.273 e. The van der Waals surface area contributed by atoms with Crippen LogP contribution in [0.5, 0.6) is 0 Å². The van der Waals surface area contributed by atoms with Crippen molar-refractivity contribution < 1.29 is 13.0 Å². The highest BCUT2D eigenvalue weighted by molar-refractivity contribution is 7.99. The molecule has 0 aliphatic carbocycles. The van der Waals surface area contributed by atoms with Crippen LogP contribution in [-0.4, -0.2) is 30.5 Å². The van der Waals surface area contributed by atoms with Gasteiger partial charge < -0.3 is 0 Å². The third-order valence-electron chi connectivity index (χ3n) is 1.94. The summed E-state index contributed by atoms with van der Waals surface area (Å²) in [6.45, 7) is 1.98. The van der Waals surface area contributed by atoms with Crippen LogP contribution in [0.25, 0.3) is 0 Å². The van der Waals surface area contributed by atoms with E-state index in [0.717, 1.165) is 17.9 Å². The van der Waals surface area contributed by atoms with Gasteiger partial charge in [-0.15, -0.1) is 0 Å². The molecule has 72 valence electrons. The average Bonchev–Trinajstić information content (AvgIpc) is 1.91. The van der Waals surface area contributed by atoms with Crippen LogP contribution in [0.2, 0.25) is 0 Å². The van der Waals surface area contributed by atoms with Crippen LogP contribution in [-0.2, 0) is 10.3 Å². The maximum atomic E-state index is 10.5. The smallest absolute Gasteiger partial charge is 0.273 e. The minimum absolute atomic E-state index is 0.0961. The number of thioether (sulfide) groups is 1. The largest absolute Gasteiger partial charge is 0.333 e. The lowest BCUT2D eigenvalue weighted by atomic mass is 10.0. The zero-order valence-electron chi connectivity index (χ0n) is 6.86. The van der Waals surface area contributed by atoms with E-state index >= 15 is 0 Å². The summed E-state index contributed by atoms with van der Waals surface area (Å²) < 4.78 is 31.7. The van der Waals surface area contributed by atoms with Gasteiger partial charge in [0.2, 0.25) is 0 Å². The molecule has 0 amide bonds. The number of nitrogens with one attached hydrogen (secondary N) is 1. The van der Waals surface area contributed by atoms with Crippen LogP contribution in [0.1, 0.15) is 13.3 Å². The quantitative estimate of drug-likeness (QED) is 0.654. The van der Waals surface area contributed by atoms with E-state index in [1.54, 1.807) is 0 Å². The van der Waals surface area contributed by atoms with Gasteiger partial charge in [0.05, 0.1) is 0 Å². The number of hydrogen-bond donors (Lipinski definition) is 2. The summed E-state index contributed by atoms with van der Waals surface area (Å²) in [7, 11) is -4.02. The predicted molar refractivity (Wildman–Crippen MR) is 49.6 cm³/mol. The summed E-state index contributed by atoms with van der Waals surface area (Å²) in [4.78, 5) is 0. The van der Waals surface area contributed by atoms with E-state index in [-0.39, 0.29) is 6.04 Å². The Balaban J connectivity index is 2.50. The van der Waals surface area contributed by atoms with E-state index in [1.807, 2.05) is 18.7 Å². The molecular formula is C6H13NO3S2. The zero-order chi connectivity index (χ0) is 9.19. The highest BCUT2D eigenvalue weighted by Gasteiger charge is 2.24. The van der Waals surface area contributed by atoms with Crippen molar-refractivity contribution in [1.82, 2.24) is 4.72 Å². The molecule has 1 fully saturated rings. The second-order valence-corrected chi connectivity index (χ2v) is 5.38. The van der Waals surface area contributed by atoms with E-state index in [9.17, 15) is 8.42 Å². The van der Waals surface area contributed by atoms with Gasteiger partial charge in [0.1, 0.15) is 0 Å². The normalized spacial score (nSPS) is 31.8. The molecule has 1 aliphatic heterocycles. The molecule has 2 atom stereocenters. The molecule has 0 saturated carbocycles. The molecule has 2 N–H and O–H groups in total. The molecule has 6 heteroatoms. The molecule has 0 aromatic carbocycles. The molecule has 1 saturated heterocycles. The van der Waals surface area contributed by atoms with Crippen molar-refractivity contribution in [3.05, 3.63) is 0 Å². The number of hydrogen-bond acceptors (Lipinski definition) is 3. The third-order valence-corrected chi connectivity index (χ3v) is 3.83. The minimum atomic E-state index is -4.02. The molecule has 1 heterocycles. The highest BCUT2D eigenvalue weighted by atomic mass is 32.2. The van der Waals surface area contributed by atoms with Gasteiger partial charge in [-0.05, 0) is 23.8 Å². The molecule has 1 rings (SSSR count). The summed E-state index contributed by atoms with van der Waals surface area (Å²) in [5, 5.41) is 0. The van der Waals surface area contributed by atoms with Crippen LogP contribution in [0.15, 0.2) is 0 Å². The first kappa shape index (κ1) is 10.3. The van der Waals surface area contributed by atoms with Crippen molar-refractivity contribution in [3.8, 4) is 0 Å². The second-order valence-electron chi connectivity index (χ2n) is 3.04. The van der Waals surface area contributed by atoms with Crippen LogP contribution >= 0.6 is 11.8 Å². The topological polar surface area (TPSA) is 66.4 Å². The van der Waals surface area contributed by atoms with Crippen molar-refractivity contribution in [2.24, 2.45) is 5.92 Å². The van der Waals surface area contributed by atoms with Crippen molar-refractivity contribution in [3.63, 3.8) is 0 Å². The van der Waals surface area contributed by atoms with E-state index in [4.69, 9.17) is 4.55 Å². The van der Waals surface area contributed by atoms with Gasteiger partial charge in [0.25, 0.3) is 0 Å². The third kappa shape index (κ3) is 3.30. The monoisotopic (exact) mass is 211 g/mol. The van der Waals surface area contributed by atoms with Crippen molar-refractivity contribution >= 4 is 22.1 Å². The Morgan fingerprint density at radius 3 is 2.75 bits per heavy atom. The lowest BCUT2D eigenvalue weighted by Gasteiger charge is -2.27. The lowest BCUT2D eigenvalue weighted by molar-refractivity contribution is 0.401. The summed E-state index contributed by atoms with van der Waals surface area (Å²) in [6.07, 6.45) is 0.797. The molecule has 0 unspecified atom stereocenters. The average molecular weight is 211 g/mol. The van der Waals surface area contributed by atoms with E-state index in [1.165, 1.54) is 0 Å². The second kappa shape index (κ2) is 3.95. The summed E-state index contributed by atoms with van der Waals surface area (Å²) in [5.74, 6) is 2.20. The molecule has 0 aromatic rings. The highest BCUT2D eigenvalue weighted by Crippen LogP contribution is 2.22. The Morgan fingerprint density at radius 2 is 2.25 bits per heavy atom. The first-order chi connectivity index (χ1) is 5.49. The van der Waals surface area contributed by atoms with Gasteiger partial charge in [-0.1, -0.05) is 6.92 Å². The van der Waals surface area contributed by atoms with Crippen molar-refractivity contribution in [2.75, 3.05) is 11.5 Å². The van der Waals surface area contributed by atoms with Crippen LogP contribution in [0, 0.1) is 5.92 Å². The van der Waals surface area contributed by atoms with Crippen molar-refractivity contribution in [1.29, 1.82) is 0 Å². The first-order valence-electron chi connectivity index (χ1n) is 3.81. The van der Waals surface area contributed by atoms with Gasteiger partial charge in [-0.3, -0.25) is 4.55 Å². The van der Waals surface area contributed by atoms with Crippen LogP contribution < -0.4 is 4.72 Å². The number of rotatable bonds is 2. The first-order valence-corrected chi connectivity index (χ1v) is 6.41. The Labute approximate surface area is 77.0 Å². The van der Waals surface area contributed by atoms with E-state index in [2.05, 4.69) is 4.72 Å². The fraction of sp³-hybridized carbons (Fsp3) is 1.00. The standard InChI is InChI=1S/C6H13NO3S2/c1-5-4-11-3-2-6(5)7-12(8,9)10/h5-7H,2-4H2,1H3,(H,8,9,10)/t5-,6+/m0/s1. The van der Waals surface area contributed by atoms with Crippen LogP contribution in [0.3, 0.4) is 0 Å². The van der Waals surface area contributed by atoms with E-state index < -0.39 is 10.3 Å². The molecule has 4 nitrogen and oxygen atoms in total. The SMILES string of the molecule is C[C@H]1CSCC[C@H]1NS(=O)(=O)O. The summed E-state index contributed by atoms with van der Waals surface area (Å²) in [6, 6.07) is -0.0961. The molecule has 0 bridgehead atoms. The van der Waals surface area contributed by atoms with Crippen molar-refractivity contribution in [2.45, 2.75) is 19.4 Å². The maximum Gasteiger partial charge on any atom is 0.333 e. The maximum absolute atomic E-state index is 10.5. The van der Waals surface area contributed by atoms with Gasteiger partial charge >= 0.3 is 10.3 Å². The summed E-state index contributed by atoms with van der Waals surface area (Å²) >= 11 is 1.82. The fourth-order valence-electron chi connectivity index (χ4n) is 1.25. The fourth-order valence-corrected chi connectivity index (χ4v) is 3.17. The molecule has 0 aromatic heterocycles. The Morgan fingerprint density at radius 1 is 1.58 bits per heavy atom. The lowest BCUT2D eigenvalue weighted by Crippen LogP contribution is -2.42. The molecule has 1 aliphatic rings. The zero-order valence-corrected chi connectivity index (χ0v) is 8.49.